The molecule has 0 spiro atoms. The van der Waals surface area contributed by atoms with Gasteiger partial charge in [0.05, 0.1) is 30.3 Å². The predicted octanol–water partition coefficient (Wildman–Crippen LogP) is 3.48. The Hall–Kier alpha value is -3.95. The summed E-state index contributed by atoms with van der Waals surface area (Å²) in [6.45, 7) is 8.02. The van der Waals surface area contributed by atoms with Crippen molar-refractivity contribution in [2.24, 2.45) is 5.92 Å². The SMILES string of the molecule is CC(=O)N(C[C@H]1CN(c2ccc(C3CCS(=O)(=O)CC3)c(F)c2)C(=O)O1)C(=O)OCOC(=O)[C@H](NC(=O)OC(C)(C)C)C(C)C. The van der Waals surface area contributed by atoms with Gasteiger partial charge in [-0.15, -0.1) is 0 Å². The first-order valence-corrected chi connectivity index (χ1v) is 16.3. The Morgan fingerprint density at radius 3 is 2.33 bits per heavy atom. The third kappa shape index (κ3) is 10.0. The molecular formula is C29H40FN3O11S. The van der Waals surface area contributed by atoms with Crippen LogP contribution in [0.4, 0.5) is 24.5 Å². The minimum atomic E-state index is -3.11. The van der Waals surface area contributed by atoms with Crippen molar-refractivity contribution >= 4 is 45.7 Å². The molecule has 16 heteroatoms. The second kappa shape index (κ2) is 14.4. The van der Waals surface area contributed by atoms with Gasteiger partial charge in [-0.2, -0.15) is 0 Å². The average molecular weight is 658 g/mol. The van der Waals surface area contributed by atoms with Crippen molar-refractivity contribution in [1.29, 1.82) is 0 Å². The van der Waals surface area contributed by atoms with E-state index in [0.717, 1.165) is 17.9 Å². The number of alkyl carbamates (subject to hydrolysis) is 1. The molecule has 3 rings (SSSR count). The lowest BCUT2D eigenvalue weighted by Gasteiger charge is -2.25. The number of nitrogens with zero attached hydrogens (tertiary/aromatic N) is 2. The maximum atomic E-state index is 15.0. The van der Waals surface area contributed by atoms with Crippen LogP contribution in [0.3, 0.4) is 0 Å². The number of nitrogens with one attached hydrogen (secondary N) is 1. The summed E-state index contributed by atoms with van der Waals surface area (Å²) >= 11 is 0. The van der Waals surface area contributed by atoms with Crippen LogP contribution in [0.1, 0.15) is 65.9 Å². The molecule has 250 valence electrons. The minimum absolute atomic E-state index is 0.0136. The number of anilines is 1. The zero-order chi connectivity index (χ0) is 33.7. The van der Waals surface area contributed by atoms with E-state index in [1.54, 1.807) is 34.6 Å². The molecule has 2 saturated heterocycles. The molecule has 2 aliphatic rings. The molecule has 0 aromatic heterocycles. The zero-order valence-electron chi connectivity index (χ0n) is 26.2. The Bertz CT molecular complexity index is 1400. The summed E-state index contributed by atoms with van der Waals surface area (Å²) in [5.41, 5.74) is -0.240. The number of hydrogen-bond acceptors (Lipinski definition) is 11. The number of cyclic esters (lactones) is 1. The molecule has 2 heterocycles. The van der Waals surface area contributed by atoms with Crippen LogP contribution in [0.5, 0.6) is 0 Å². The lowest BCUT2D eigenvalue weighted by molar-refractivity contribution is -0.156. The number of ether oxygens (including phenoxy) is 4. The van der Waals surface area contributed by atoms with Gasteiger partial charge < -0.3 is 24.3 Å². The van der Waals surface area contributed by atoms with Gasteiger partial charge in [-0.3, -0.25) is 9.69 Å². The molecule has 2 fully saturated rings. The van der Waals surface area contributed by atoms with Crippen LogP contribution in [0.2, 0.25) is 0 Å². The third-order valence-corrected chi connectivity index (χ3v) is 8.84. The van der Waals surface area contributed by atoms with Crippen LogP contribution < -0.4 is 10.2 Å². The van der Waals surface area contributed by atoms with Crippen molar-refractivity contribution in [3.63, 3.8) is 0 Å². The first-order valence-electron chi connectivity index (χ1n) is 14.5. The number of rotatable bonds is 9. The molecule has 2 atom stereocenters. The highest BCUT2D eigenvalue weighted by Gasteiger charge is 2.37. The van der Waals surface area contributed by atoms with E-state index in [0.29, 0.717) is 23.3 Å². The van der Waals surface area contributed by atoms with Gasteiger partial charge in [0.15, 0.2) is 0 Å². The molecule has 14 nitrogen and oxygen atoms in total. The summed E-state index contributed by atoms with van der Waals surface area (Å²) in [5, 5.41) is 2.41. The molecule has 1 aromatic rings. The van der Waals surface area contributed by atoms with Gasteiger partial charge in [-0.05, 0) is 63.1 Å². The van der Waals surface area contributed by atoms with Crippen molar-refractivity contribution in [3.8, 4) is 0 Å². The molecule has 0 unspecified atom stereocenters. The highest BCUT2D eigenvalue weighted by molar-refractivity contribution is 7.91. The number of carbonyl (C=O) groups is 5. The third-order valence-electron chi connectivity index (χ3n) is 7.13. The fourth-order valence-electron chi connectivity index (χ4n) is 4.82. The number of esters is 1. The molecule has 1 N–H and O–H groups in total. The topological polar surface area (TPSA) is 175 Å². The fourth-order valence-corrected chi connectivity index (χ4v) is 6.31. The molecule has 0 radical (unpaired) electrons. The van der Waals surface area contributed by atoms with Crippen molar-refractivity contribution in [3.05, 3.63) is 29.6 Å². The first-order chi connectivity index (χ1) is 20.9. The van der Waals surface area contributed by atoms with Crippen LogP contribution in [0.25, 0.3) is 0 Å². The summed E-state index contributed by atoms with van der Waals surface area (Å²) in [5.74, 6) is -2.90. The van der Waals surface area contributed by atoms with Gasteiger partial charge in [0.2, 0.25) is 12.7 Å². The summed E-state index contributed by atoms with van der Waals surface area (Å²) < 4.78 is 58.8. The van der Waals surface area contributed by atoms with Crippen molar-refractivity contribution in [2.45, 2.75) is 78.0 Å². The maximum Gasteiger partial charge on any atom is 0.419 e. The highest BCUT2D eigenvalue weighted by atomic mass is 32.2. The largest absolute Gasteiger partial charge is 0.444 e. The van der Waals surface area contributed by atoms with E-state index >= 15 is 4.39 Å². The van der Waals surface area contributed by atoms with Crippen LogP contribution in [0.15, 0.2) is 18.2 Å². The number of amides is 4. The smallest absolute Gasteiger partial charge is 0.419 e. The van der Waals surface area contributed by atoms with E-state index in [1.807, 2.05) is 0 Å². The number of sulfone groups is 1. The standard InChI is InChI=1S/C29H40FN3O11S/c1-17(2)24(31-26(36)44-29(4,5)6)25(35)41-16-42-27(37)32(18(3)34)14-21-15-33(28(38)43-21)20-7-8-22(23(30)13-20)19-9-11-45(39,40)12-10-19/h7-8,13,17,19,21,24H,9-12,14-16H2,1-6H3,(H,31,36)/t21-,24+/m0/s1. The first kappa shape index (κ1) is 35.5. The molecule has 0 bridgehead atoms. The Balaban J connectivity index is 1.55. The Morgan fingerprint density at radius 1 is 1.13 bits per heavy atom. The normalized spacial score (nSPS) is 19.0. The van der Waals surface area contributed by atoms with E-state index < -0.39 is 82.8 Å². The lowest BCUT2D eigenvalue weighted by atomic mass is 9.93. The molecule has 4 amide bonds. The van der Waals surface area contributed by atoms with Crippen molar-refractivity contribution in [2.75, 3.05) is 36.3 Å². The fraction of sp³-hybridized carbons (Fsp3) is 0.621. The number of halogens is 1. The second-order valence-electron chi connectivity index (χ2n) is 12.2. The van der Waals surface area contributed by atoms with Crippen LogP contribution >= 0.6 is 0 Å². The van der Waals surface area contributed by atoms with Crippen LogP contribution in [-0.4, -0.2) is 92.6 Å². The number of carbonyl (C=O) groups excluding carboxylic acids is 5. The van der Waals surface area contributed by atoms with E-state index in [1.165, 1.54) is 12.1 Å². The van der Waals surface area contributed by atoms with E-state index in [-0.39, 0.29) is 29.7 Å². The Labute approximate surface area is 261 Å². The monoisotopic (exact) mass is 657 g/mol. The van der Waals surface area contributed by atoms with Crippen molar-refractivity contribution in [1.82, 2.24) is 10.2 Å². The number of hydrogen-bond donors (Lipinski definition) is 1. The summed E-state index contributed by atoms with van der Waals surface area (Å²) in [6.07, 6.45) is -3.19. The number of benzene rings is 1. The highest BCUT2D eigenvalue weighted by Crippen LogP contribution is 2.33. The minimum Gasteiger partial charge on any atom is -0.444 e. The van der Waals surface area contributed by atoms with Crippen LogP contribution in [-0.2, 0) is 38.4 Å². The Morgan fingerprint density at radius 2 is 1.78 bits per heavy atom. The zero-order valence-corrected chi connectivity index (χ0v) is 27.0. The van der Waals surface area contributed by atoms with Gasteiger partial charge in [0.1, 0.15) is 33.4 Å². The molecule has 45 heavy (non-hydrogen) atoms. The van der Waals surface area contributed by atoms with E-state index in [4.69, 9.17) is 18.9 Å². The average Bonchev–Trinajstić information content (AvgIpc) is 3.29. The summed E-state index contributed by atoms with van der Waals surface area (Å²) in [7, 11) is -3.11. The van der Waals surface area contributed by atoms with Gasteiger partial charge in [-0.25, -0.2) is 36.9 Å². The summed E-state index contributed by atoms with van der Waals surface area (Å²) in [6, 6.07) is 3.10. The van der Waals surface area contributed by atoms with E-state index in [2.05, 4.69) is 5.32 Å². The molecule has 1 aromatic carbocycles. The van der Waals surface area contributed by atoms with Crippen molar-refractivity contribution < 1.29 is 55.7 Å². The van der Waals surface area contributed by atoms with Gasteiger partial charge >= 0.3 is 24.2 Å². The molecule has 0 saturated carbocycles. The Kier molecular flexibility index (Phi) is 11.4. The predicted molar refractivity (Wildman–Crippen MR) is 157 cm³/mol. The molecule has 0 aliphatic carbocycles. The van der Waals surface area contributed by atoms with Gasteiger partial charge in [0, 0.05) is 6.92 Å². The van der Waals surface area contributed by atoms with E-state index in [9.17, 15) is 32.4 Å². The molecule has 2 aliphatic heterocycles. The maximum absolute atomic E-state index is 15.0. The quantitative estimate of drug-likeness (QED) is 0.234. The summed E-state index contributed by atoms with van der Waals surface area (Å²) in [4.78, 5) is 63.9. The molecular weight excluding hydrogens is 617 g/mol. The second-order valence-corrected chi connectivity index (χ2v) is 14.5. The number of imide groups is 1. The lowest BCUT2D eigenvalue weighted by Crippen LogP contribution is -2.47. The van der Waals surface area contributed by atoms with Gasteiger partial charge in [0.25, 0.3) is 0 Å². The van der Waals surface area contributed by atoms with Gasteiger partial charge in [-0.1, -0.05) is 19.9 Å². The van der Waals surface area contributed by atoms with Crippen LogP contribution in [0, 0.1) is 11.7 Å².